The summed E-state index contributed by atoms with van der Waals surface area (Å²) in [5, 5.41) is 2.39. The van der Waals surface area contributed by atoms with Gasteiger partial charge in [-0.15, -0.1) is 0 Å². The van der Waals surface area contributed by atoms with E-state index in [2.05, 4.69) is 17.2 Å². The molecule has 0 aromatic heterocycles. The zero-order valence-electron chi connectivity index (χ0n) is 8.10. The van der Waals surface area contributed by atoms with Crippen molar-refractivity contribution in [3.05, 3.63) is 35.4 Å². The van der Waals surface area contributed by atoms with E-state index in [0.717, 1.165) is 12.1 Å². The molecule has 0 heterocycles. The third kappa shape index (κ3) is 3.39. The van der Waals surface area contributed by atoms with Crippen LogP contribution >= 0.6 is 0 Å². The summed E-state index contributed by atoms with van der Waals surface area (Å²) in [5.74, 6) is 2.85. The minimum absolute atomic E-state index is 0.000370. The monoisotopic (exact) mass is 209 g/mol. The molecule has 0 aliphatic rings. The molecule has 0 unspecified atom stereocenters. The lowest BCUT2D eigenvalue weighted by atomic mass is 10.2. The van der Waals surface area contributed by atoms with Gasteiger partial charge in [-0.25, -0.2) is 8.78 Å². The van der Waals surface area contributed by atoms with Crippen molar-refractivity contribution in [2.75, 3.05) is 0 Å². The van der Waals surface area contributed by atoms with Gasteiger partial charge in [-0.1, -0.05) is 12.0 Å². The second kappa shape index (κ2) is 5.11. The topological polar surface area (TPSA) is 29.1 Å². The van der Waals surface area contributed by atoms with Crippen LogP contribution in [0.3, 0.4) is 0 Å². The number of rotatable bonds is 2. The van der Waals surface area contributed by atoms with E-state index in [1.165, 1.54) is 13.0 Å². The Hall–Kier alpha value is -1.89. The largest absolute Gasteiger partial charge is 0.341 e. The van der Waals surface area contributed by atoms with Crippen molar-refractivity contribution in [3.8, 4) is 11.8 Å². The molecule has 78 valence electrons. The van der Waals surface area contributed by atoms with Crippen LogP contribution in [0.1, 0.15) is 12.5 Å². The van der Waals surface area contributed by atoms with Crippen LogP contribution in [0.5, 0.6) is 0 Å². The molecule has 1 N–H and O–H groups in total. The summed E-state index contributed by atoms with van der Waals surface area (Å²) in [6.45, 7) is 1.53. The van der Waals surface area contributed by atoms with E-state index in [0.29, 0.717) is 0 Å². The SMILES string of the molecule is CC#CC(=O)NCc1ccc(F)cc1F. The fraction of sp³-hybridized carbons (Fsp3) is 0.182. The Kier molecular flexibility index (Phi) is 3.81. The van der Waals surface area contributed by atoms with Crippen LogP contribution in [0.4, 0.5) is 8.78 Å². The Bertz CT molecular complexity index is 432. The number of carbonyl (C=O) groups is 1. The van der Waals surface area contributed by atoms with Gasteiger partial charge in [0, 0.05) is 18.2 Å². The summed E-state index contributed by atoms with van der Waals surface area (Å²) < 4.78 is 25.6. The first-order valence-corrected chi connectivity index (χ1v) is 4.28. The maximum Gasteiger partial charge on any atom is 0.296 e. The number of nitrogens with one attached hydrogen (secondary N) is 1. The number of carbonyl (C=O) groups excluding carboxylic acids is 1. The van der Waals surface area contributed by atoms with Crippen LogP contribution in [0.15, 0.2) is 18.2 Å². The summed E-state index contributed by atoms with van der Waals surface area (Å²) >= 11 is 0. The summed E-state index contributed by atoms with van der Waals surface area (Å²) in [4.78, 5) is 10.9. The Labute approximate surface area is 86.3 Å². The van der Waals surface area contributed by atoms with Gasteiger partial charge >= 0.3 is 0 Å². The lowest BCUT2D eigenvalue weighted by molar-refractivity contribution is -0.115. The molecule has 1 amide bonds. The smallest absolute Gasteiger partial charge is 0.296 e. The molecule has 0 bridgehead atoms. The van der Waals surface area contributed by atoms with E-state index in [4.69, 9.17) is 0 Å². The van der Waals surface area contributed by atoms with Gasteiger partial charge < -0.3 is 5.32 Å². The fourth-order valence-corrected chi connectivity index (χ4v) is 0.998. The highest BCUT2D eigenvalue weighted by atomic mass is 19.1. The second-order valence-corrected chi connectivity index (χ2v) is 2.79. The minimum Gasteiger partial charge on any atom is -0.341 e. The molecule has 0 aliphatic heterocycles. The van der Waals surface area contributed by atoms with Gasteiger partial charge in [0.25, 0.3) is 5.91 Å². The highest BCUT2D eigenvalue weighted by Gasteiger charge is 2.04. The molecule has 2 nitrogen and oxygen atoms in total. The molecular formula is C11H9F2NO. The molecule has 4 heteroatoms. The summed E-state index contributed by atoms with van der Waals surface area (Å²) in [7, 11) is 0. The van der Waals surface area contributed by atoms with Crippen LogP contribution in [-0.4, -0.2) is 5.91 Å². The van der Waals surface area contributed by atoms with Gasteiger partial charge in [0.05, 0.1) is 0 Å². The van der Waals surface area contributed by atoms with Crippen LogP contribution in [0.25, 0.3) is 0 Å². The zero-order chi connectivity index (χ0) is 11.3. The minimum atomic E-state index is -0.681. The number of hydrogen-bond donors (Lipinski definition) is 1. The van der Waals surface area contributed by atoms with Gasteiger partial charge in [0.15, 0.2) is 0 Å². The van der Waals surface area contributed by atoms with E-state index in [1.807, 2.05) is 0 Å². The van der Waals surface area contributed by atoms with Gasteiger partial charge in [0.1, 0.15) is 11.6 Å². The molecule has 1 aromatic rings. The summed E-state index contributed by atoms with van der Waals surface area (Å²) in [6.07, 6.45) is 0. The zero-order valence-corrected chi connectivity index (χ0v) is 8.10. The molecule has 0 spiro atoms. The molecule has 0 radical (unpaired) electrons. The predicted molar refractivity (Wildman–Crippen MR) is 51.7 cm³/mol. The van der Waals surface area contributed by atoms with E-state index >= 15 is 0 Å². The molecule has 0 saturated carbocycles. The number of benzene rings is 1. The maximum atomic E-state index is 13.1. The third-order valence-corrected chi connectivity index (χ3v) is 1.69. The van der Waals surface area contributed by atoms with Crippen LogP contribution in [0, 0.1) is 23.5 Å². The van der Waals surface area contributed by atoms with E-state index in [9.17, 15) is 13.6 Å². The Morgan fingerprint density at radius 3 is 2.80 bits per heavy atom. The first kappa shape index (κ1) is 11.2. The standard InChI is InChI=1S/C11H9F2NO/c1-2-3-11(15)14-7-8-4-5-9(12)6-10(8)13/h4-6H,7H2,1H3,(H,14,15). The summed E-state index contributed by atoms with van der Waals surface area (Å²) in [5.41, 5.74) is 0.225. The first-order valence-electron chi connectivity index (χ1n) is 4.28. The molecule has 0 saturated heterocycles. The normalized spacial score (nSPS) is 9.00. The van der Waals surface area contributed by atoms with Crippen LogP contribution < -0.4 is 5.32 Å². The van der Waals surface area contributed by atoms with Crippen LogP contribution in [-0.2, 0) is 11.3 Å². The van der Waals surface area contributed by atoms with Gasteiger partial charge in [-0.3, -0.25) is 4.79 Å². The van der Waals surface area contributed by atoms with Crippen molar-refractivity contribution in [1.82, 2.24) is 5.32 Å². The quantitative estimate of drug-likeness (QED) is 0.736. The van der Waals surface area contributed by atoms with E-state index in [1.54, 1.807) is 0 Å². The first-order chi connectivity index (χ1) is 7.13. The second-order valence-electron chi connectivity index (χ2n) is 2.79. The predicted octanol–water partition coefficient (Wildman–Crippen LogP) is 1.60. The van der Waals surface area contributed by atoms with E-state index < -0.39 is 17.5 Å². The van der Waals surface area contributed by atoms with E-state index in [-0.39, 0.29) is 12.1 Å². The Morgan fingerprint density at radius 1 is 1.47 bits per heavy atom. The Morgan fingerprint density at radius 2 is 2.20 bits per heavy atom. The third-order valence-electron chi connectivity index (χ3n) is 1.69. The lowest BCUT2D eigenvalue weighted by Crippen LogP contribution is -2.21. The van der Waals surface area contributed by atoms with Crippen molar-refractivity contribution in [2.24, 2.45) is 0 Å². The van der Waals surface area contributed by atoms with Gasteiger partial charge in [-0.2, -0.15) is 0 Å². The molecule has 0 atom stereocenters. The van der Waals surface area contributed by atoms with Gasteiger partial charge in [-0.05, 0) is 18.9 Å². The molecule has 15 heavy (non-hydrogen) atoms. The van der Waals surface area contributed by atoms with Crippen molar-refractivity contribution in [1.29, 1.82) is 0 Å². The lowest BCUT2D eigenvalue weighted by Gasteiger charge is -2.02. The number of hydrogen-bond acceptors (Lipinski definition) is 1. The Balaban J connectivity index is 2.64. The van der Waals surface area contributed by atoms with Crippen molar-refractivity contribution in [2.45, 2.75) is 13.5 Å². The summed E-state index contributed by atoms with van der Waals surface area (Å²) in [6, 6.07) is 3.19. The van der Waals surface area contributed by atoms with Crippen molar-refractivity contribution >= 4 is 5.91 Å². The molecule has 0 fully saturated rings. The highest BCUT2D eigenvalue weighted by Crippen LogP contribution is 2.08. The highest BCUT2D eigenvalue weighted by molar-refractivity contribution is 5.93. The van der Waals surface area contributed by atoms with Crippen LogP contribution in [0.2, 0.25) is 0 Å². The molecular weight excluding hydrogens is 200 g/mol. The average molecular weight is 209 g/mol. The fourth-order valence-electron chi connectivity index (χ4n) is 0.998. The van der Waals surface area contributed by atoms with Crippen molar-refractivity contribution < 1.29 is 13.6 Å². The number of amides is 1. The van der Waals surface area contributed by atoms with Crippen molar-refractivity contribution in [3.63, 3.8) is 0 Å². The van der Waals surface area contributed by atoms with Gasteiger partial charge in [0.2, 0.25) is 0 Å². The number of halogens is 2. The molecule has 1 rings (SSSR count). The maximum absolute atomic E-state index is 13.1. The molecule has 1 aromatic carbocycles. The average Bonchev–Trinajstić information content (AvgIpc) is 2.17. The molecule has 0 aliphatic carbocycles.